The zero-order valence-corrected chi connectivity index (χ0v) is 55.3. The highest BCUT2D eigenvalue weighted by Gasteiger charge is 2.58. The first-order valence-electron chi connectivity index (χ1n) is 32.7. The maximum Gasteiger partial charge on any atom is 0.331 e. The average Bonchev–Trinajstić information content (AvgIpc) is 0.767. The van der Waals surface area contributed by atoms with Gasteiger partial charge in [0, 0.05) is 48.6 Å². The summed E-state index contributed by atoms with van der Waals surface area (Å²) in [6.45, 7) is -1.63. The lowest BCUT2D eigenvalue weighted by molar-refractivity contribution is -0.376. The molecule has 8 aromatic carbocycles. The lowest BCUT2D eigenvalue weighted by Gasteiger charge is -2.48. The summed E-state index contributed by atoms with van der Waals surface area (Å²) < 4.78 is 69.7. The molecule has 19 nitrogen and oxygen atoms in total. The molecule has 0 aromatic heterocycles. The summed E-state index contributed by atoms with van der Waals surface area (Å²) in [5.74, 6) is -8.34. The van der Waals surface area contributed by atoms with Gasteiger partial charge in [-0.15, -0.1) is 0 Å². The van der Waals surface area contributed by atoms with Gasteiger partial charge in [-0.2, -0.15) is 0 Å². The van der Waals surface area contributed by atoms with Gasteiger partial charge in [0.05, 0.1) is 0 Å². The highest BCUT2D eigenvalue weighted by Crippen LogP contribution is 2.36. The number of benzene rings is 8. The van der Waals surface area contributed by atoms with Crippen LogP contribution in [0.2, 0.25) is 0 Å². The van der Waals surface area contributed by atoms with E-state index in [1.54, 1.807) is 243 Å². The molecule has 19 heteroatoms. The fourth-order valence-corrected chi connectivity index (χ4v) is 10.5. The van der Waals surface area contributed by atoms with Gasteiger partial charge < -0.3 is 52.1 Å². The highest BCUT2D eigenvalue weighted by molar-refractivity contribution is 5.92. The van der Waals surface area contributed by atoms with Crippen LogP contribution in [0.1, 0.15) is 44.5 Å². The van der Waals surface area contributed by atoms with Gasteiger partial charge in [-0.05, 0) is 93.1 Å². The number of ether oxygens (including phenoxy) is 11. The van der Waals surface area contributed by atoms with Crippen LogP contribution in [0.4, 0.5) is 0 Å². The zero-order valence-electron chi connectivity index (χ0n) is 55.3. The molecule has 520 valence electrons. The van der Waals surface area contributed by atoms with Gasteiger partial charge >= 0.3 is 47.8 Å². The van der Waals surface area contributed by atoms with E-state index < -0.39 is 122 Å². The van der Waals surface area contributed by atoms with Crippen molar-refractivity contribution in [3.05, 3.63) is 336 Å². The Morgan fingerprint density at radius 3 is 0.612 bits per heavy atom. The fourth-order valence-electron chi connectivity index (χ4n) is 10.5. The number of esters is 8. The maximum atomic E-state index is 14.7. The average molecular weight is 1380 g/mol. The zero-order chi connectivity index (χ0) is 71.8. The summed E-state index contributed by atoms with van der Waals surface area (Å²) in [4.78, 5) is 115. The van der Waals surface area contributed by atoms with E-state index >= 15 is 0 Å². The smallest absolute Gasteiger partial charge is 0.331 e. The minimum Gasteiger partial charge on any atom is -0.460 e. The molecule has 10 rings (SSSR count). The molecule has 103 heavy (non-hydrogen) atoms. The largest absolute Gasteiger partial charge is 0.460 e. The molecule has 2 heterocycles. The molecule has 0 bridgehead atoms. The van der Waals surface area contributed by atoms with Crippen LogP contribution in [0.25, 0.3) is 48.6 Å². The van der Waals surface area contributed by atoms with Crippen molar-refractivity contribution in [1.82, 2.24) is 0 Å². The van der Waals surface area contributed by atoms with Crippen molar-refractivity contribution in [2.45, 2.75) is 61.4 Å². The highest BCUT2D eigenvalue weighted by atomic mass is 16.8. The molecule has 2 aliphatic rings. The molecule has 2 fully saturated rings. The van der Waals surface area contributed by atoms with E-state index in [0.29, 0.717) is 44.5 Å². The number of carbonyl (C=O) groups excluding carboxylic acids is 8. The Kier molecular flexibility index (Phi) is 27.4. The number of hydrogen-bond acceptors (Lipinski definition) is 19. The Morgan fingerprint density at radius 2 is 0.408 bits per heavy atom. The summed E-state index contributed by atoms with van der Waals surface area (Å²) in [5, 5.41) is 0. The Labute approximate surface area is 594 Å². The van der Waals surface area contributed by atoms with Crippen molar-refractivity contribution in [1.29, 1.82) is 0 Å². The Morgan fingerprint density at radius 1 is 0.233 bits per heavy atom. The van der Waals surface area contributed by atoms with Crippen LogP contribution in [0.15, 0.2) is 291 Å². The monoisotopic (exact) mass is 1380 g/mol. The van der Waals surface area contributed by atoms with Crippen molar-refractivity contribution in [3.63, 3.8) is 0 Å². The Hall–Kier alpha value is -12.7. The van der Waals surface area contributed by atoms with Crippen molar-refractivity contribution < 1.29 is 90.5 Å². The second kappa shape index (κ2) is 38.6. The van der Waals surface area contributed by atoms with E-state index in [1.807, 2.05) is 0 Å². The molecule has 0 unspecified atom stereocenters. The van der Waals surface area contributed by atoms with Gasteiger partial charge in [0.1, 0.15) is 25.4 Å². The van der Waals surface area contributed by atoms with E-state index in [2.05, 4.69) is 0 Å². The van der Waals surface area contributed by atoms with Crippen LogP contribution < -0.4 is 0 Å². The normalized spacial score (nSPS) is 20.5. The lowest BCUT2D eigenvalue weighted by atomic mass is 9.96. The van der Waals surface area contributed by atoms with Gasteiger partial charge in [-0.3, -0.25) is 0 Å². The van der Waals surface area contributed by atoms with Crippen molar-refractivity contribution >= 4 is 96.4 Å². The molecular weight excluding hydrogens is 1310 g/mol. The number of rotatable bonds is 28. The number of carbonyl (C=O) groups is 8. The van der Waals surface area contributed by atoms with Crippen LogP contribution in [0.5, 0.6) is 0 Å². The molecule has 0 spiro atoms. The van der Waals surface area contributed by atoms with Gasteiger partial charge in [0.25, 0.3) is 0 Å². The molecule has 0 radical (unpaired) electrons. The molecule has 10 atom stereocenters. The molecule has 2 aliphatic heterocycles. The first-order valence-corrected chi connectivity index (χ1v) is 32.7. The molecule has 0 N–H and O–H groups in total. The van der Waals surface area contributed by atoms with Gasteiger partial charge in [-0.1, -0.05) is 243 Å². The Balaban J connectivity index is 1.12. The summed E-state index contributed by atoms with van der Waals surface area (Å²) in [6, 6.07) is 69.7. The van der Waals surface area contributed by atoms with Gasteiger partial charge in [0.2, 0.25) is 12.6 Å². The fraction of sp³-hybridized carbons (Fsp3) is 0.143. The maximum absolute atomic E-state index is 14.7. The third kappa shape index (κ3) is 23.8. The first-order chi connectivity index (χ1) is 50.3. The molecular formula is C84H70O19. The lowest BCUT2D eigenvalue weighted by Crippen LogP contribution is -2.67. The third-order valence-corrected chi connectivity index (χ3v) is 15.4. The molecule has 0 saturated carbocycles. The minimum atomic E-state index is -2.19. The van der Waals surface area contributed by atoms with Gasteiger partial charge in [0.15, 0.2) is 36.6 Å². The minimum absolute atomic E-state index is 0.551. The first kappa shape index (κ1) is 73.0. The van der Waals surface area contributed by atoms with Crippen LogP contribution in [0, 0.1) is 0 Å². The molecule has 0 aliphatic carbocycles. The van der Waals surface area contributed by atoms with E-state index in [0.717, 1.165) is 48.6 Å². The molecule has 2 saturated heterocycles. The summed E-state index contributed by atoms with van der Waals surface area (Å²) in [6.07, 6.45) is 0.443. The Bertz CT molecular complexity index is 4070. The topological polar surface area (TPSA) is 238 Å². The second-order valence-corrected chi connectivity index (χ2v) is 22.8. The van der Waals surface area contributed by atoms with Crippen LogP contribution in [-0.4, -0.2) is 122 Å². The van der Waals surface area contributed by atoms with Crippen molar-refractivity contribution in [3.8, 4) is 0 Å². The van der Waals surface area contributed by atoms with Crippen LogP contribution in [0.3, 0.4) is 0 Å². The summed E-state index contributed by atoms with van der Waals surface area (Å²) in [5.41, 5.74) is 4.66. The molecule has 8 aromatic rings. The SMILES string of the molecule is O=C(/C=C/c1ccccc1)OC[C@H]1O[C@H](O[C@H]2O[C@H](COC(=O)/C=C/c3ccccc3)[C@@H](OC(=O)/C=C/c3ccccc3)[C@H](OC(=O)/C=C/c3ccccc3)[C@H]2OC(=O)/C=C/c2ccccc2)[C@H](OC(=O)/C=C/c2ccccc2)[C@@H](OC(=O)/C=C/c2ccccc2)[C@@H]1OC(=O)/C=C/c1ccccc1. The summed E-state index contributed by atoms with van der Waals surface area (Å²) >= 11 is 0. The van der Waals surface area contributed by atoms with Crippen molar-refractivity contribution in [2.75, 3.05) is 13.2 Å². The van der Waals surface area contributed by atoms with E-state index in [9.17, 15) is 38.4 Å². The quantitative estimate of drug-likeness (QED) is 0.0252. The van der Waals surface area contributed by atoms with Crippen LogP contribution in [-0.2, 0) is 90.5 Å². The van der Waals surface area contributed by atoms with Crippen LogP contribution >= 0.6 is 0 Å². The van der Waals surface area contributed by atoms with Crippen molar-refractivity contribution in [2.24, 2.45) is 0 Å². The second-order valence-electron chi connectivity index (χ2n) is 22.8. The van der Waals surface area contributed by atoms with E-state index in [4.69, 9.17) is 52.1 Å². The van der Waals surface area contributed by atoms with E-state index in [1.165, 1.54) is 48.6 Å². The summed E-state index contributed by atoms with van der Waals surface area (Å²) in [7, 11) is 0. The van der Waals surface area contributed by atoms with E-state index in [-0.39, 0.29) is 0 Å². The predicted molar refractivity (Wildman–Crippen MR) is 383 cm³/mol. The predicted octanol–water partition coefficient (Wildman–Crippen LogP) is 12.7. The number of hydrogen-bond donors (Lipinski definition) is 0. The third-order valence-electron chi connectivity index (χ3n) is 15.4. The molecule has 0 amide bonds. The standard InChI is InChI=1S/C84H70O19/c85-69(49-41-59-25-9-1-10-26-59)93-57-67-77(97-71(87)51-43-61-29-13-3-14-30-61)79(99-73(89)53-45-63-33-17-5-18-34-63)81(101-75(91)55-47-65-37-21-7-22-38-65)83(95-67)103-84-82(102-76(92)56-48-66-39-23-8-24-40-66)80(100-74(90)54-46-64-35-19-6-20-36-64)78(98-72(88)52-44-62-31-15-4-16-32-62)68(96-84)58-94-70(86)50-42-60-27-11-2-12-28-60/h1-56,67-68,77-84H,57-58H2/b49-41+,50-42+,51-43+,52-44+,53-45+,54-46+,55-47+,56-48+/t67-,68-,77-,78-,79+,80+,81-,82-,83-,84-/m1/s1. The van der Waals surface area contributed by atoms with Gasteiger partial charge in [-0.25, -0.2) is 38.4 Å².